The van der Waals surface area contributed by atoms with Crippen LogP contribution >= 0.6 is 0 Å². The molecule has 0 radical (unpaired) electrons. The SMILES string of the molecule is CCOC(=O)N1C=Cc2nccnc2C1C#N. The molecule has 0 spiro atoms. The van der Waals surface area contributed by atoms with Crippen LogP contribution in [0.3, 0.4) is 0 Å². The summed E-state index contributed by atoms with van der Waals surface area (Å²) in [7, 11) is 0. The lowest BCUT2D eigenvalue weighted by molar-refractivity contribution is 0.115. The van der Waals surface area contributed by atoms with E-state index in [2.05, 4.69) is 9.97 Å². The lowest BCUT2D eigenvalue weighted by Gasteiger charge is -2.25. The molecule has 1 unspecified atom stereocenters. The first-order valence-corrected chi connectivity index (χ1v) is 5.11. The van der Waals surface area contributed by atoms with E-state index in [1.165, 1.54) is 23.5 Å². The maximum absolute atomic E-state index is 11.6. The largest absolute Gasteiger partial charge is 0.449 e. The number of carbonyl (C=O) groups is 1. The van der Waals surface area contributed by atoms with Gasteiger partial charge in [0.2, 0.25) is 0 Å². The van der Waals surface area contributed by atoms with E-state index < -0.39 is 12.1 Å². The average Bonchev–Trinajstić information content (AvgIpc) is 2.37. The summed E-state index contributed by atoms with van der Waals surface area (Å²) in [6.07, 6.45) is 5.59. The van der Waals surface area contributed by atoms with Crippen LogP contribution in [0.15, 0.2) is 18.6 Å². The Morgan fingerprint density at radius 3 is 3.06 bits per heavy atom. The summed E-state index contributed by atoms with van der Waals surface area (Å²) in [5.41, 5.74) is 1.06. The molecule has 2 rings (SSSR count). The third-order valence-electron chi connectivity index (χ3n) is 2.29. The molecule has 6 heteroatoms. The van der Waals surface area contributed by atoms with Crippen molar-refractivity contribution in [2.75, 3.05) is 6.61 Å². The molecule has 1 aromatic heterocycles. The van der Waals surface area contributed by atoms with Crippen LogP contribution in [0.1, 0.15) is 24.4 Å². The Bertz CT molecular complexity index is 506. The molecule has 1 aliphatic rings. The summed E-state index contributed by atoms with van der Waals surface area (Å²) < 4.78 is 4.86. The molecule has 0 saturated carbocycles. The van der Waals surface area contributed by atoms with Crippen LogP contribution in [0, 0.1) is 11.3 Å². The maximum atomic E-state index is 11.6. The minimum Gasteiger partial charge on any atom is -0.449 e. The van der Waals surface area contributed by atoms with Crippen molar-refractivity contribution in [3.8, 4) is 6.07 Å². The monoisotopic (exact) mass is 230 g/mol. The normalized spacial score (nSPS) is 17.2. The van der Waals surface area contributed by atoms with Gasteiger partial charge in [-0.1, -0.05) is 0 Å². The van der Waals surface area contributed by atoms with Crippen LogP contribution in [0.2, 0.25) is 0 Å². The number of fused-ring (bicyclic) bond motifs is 1. The number of hydrogen-bond acceptors (Lipinski definition) is 5. The van der Waals surface area contributed by atoms with E-state index >= 15 is 0 Å². The summed E-state index contributed by atoms with van der Waals surface area (Å²) >= 11 is 0. The first kappa shape index (κ1) is 11.1. The van der Waals surface area contributed by atoms with Gasteiger partial charge in [-0.2, -0.15) is 5.26 Å². The van der Waals surface area contributed by atoms with Gasteiger partial charge >= 0.3 is 6.09 Å². The zero-order valence-corrected chi connectivity index (χ0v) is 9.20. The van der Waals surface area contributed by atoms with Crippen molar-refractivity contribution in [2.24, 2.45) is 0 Å². The highest BCUT2D eigenvalue weighted by molar-refractivity contribution is 5.73. The molecule has 0 N–H and O–H groups in total. The van der Waals surface area contributed by atoms with E-state index in [9.17, 15) is 4.79 Å². The minimum absolute atomic E-state index is 0.259. The molecule has 1 atom stereocenters. The fraction of sp³-hybridized carbons (Fsp3) is 0.273. The molecule has 86 valence electrons. The van der Waals surface area contributed by atoms with Crippen molar-refractivity contribution >= 4 is 12.2 Å². The van der Waals surface area contributed by atoms with Crippen molar-refractivity contribution in [3.63, 3.8) is 0 Å². The van der Waals surface area contributed by atoms with Crippen LogP contribution in [0.5, 0.6) is 0 Å². The molecule has 0 aromatic carbocycles. The van der Waals surface area contributed by atoms with Crippen LogP contribution < -0.4 is 0 Å². The summed E-state index contributed by atoms with van der Waals surface area (Å²) in [6.45, 7) is 1.97. The molecule has 6 nitrogen and oxygen atoms in total. The van der Waals surface area contributed by atoms with Gasteiger partial charge in [0.1, 0.15) is 5.69 Å². The number of nitrogens with zero attached hydrogens (tertiary/aromatic N) is 4. The highest BCUT2D eigenvalue weighted by atomic mass is 16.6. The zero-order valence-electron chi connectivity index (χ0n) is 9.20. The number of aromatic nitrogens is 2. The van der Waals surface area contributed by atoms with Crippen LogP contribution in [0.4, 0.5) is 4.79 Å². The Balaban J connectivity index is 2.36. The molecule has 1 aromatic rings. The zero-order chi connectivity index (χ0) is 12.3. The molecule has 0 fully saturated rings. The Morgan fingerprint density at radius 1 is 1.59 bits per heavy atom. The fourth-order valence-corrected chi connectivity index (χ4v) is 1.55. The number of rotatable bonds is 1. The van der Waals surface area contributed by atoms with E-state index in [1.807, 2.05) is 6.07 Å². The third kappa shape index (κ3) is 1.95. The number of ether oxygens (including phenoxy) is 1. The molecule has 17 heavy (non-hydrogen) atoms. The Hall–Kier alpha value is -2.42. The Morgan fingerprint density at radius 2 is 2.35 bits per heavy atom. The quantitative estimate of drug-likeness (QED) is 0.730. The molecule has 2 heterocycles. The van der Waals surface area contributed by atoms with Crippen LogP contribution in [-0.2, 0) is 4.74 Å². The summed E-state index contributed by atoms with van der Waals surface area (Å²) in [5.74, 6) is 0. The summed E-state index contributed by atoms with van der Waals surface area (Å²) in [4.78, 5) is 21.0. The van der Waals surface area contributed by atoms with Crippen molar-refractivity contribution in [1.82, 2.24) is 14.9 Å². The topological polar surface area (TPSA) is 79.1 Å². The Labute approximate surface area is 98.2 Å². The van der Waals surface area contributed by atoms with Crippen molar-refractivity contribution in [3.05, 3.63) is 30.0 Å². The molecular formula is C11H10N4O2. The third-order valence-corrected chi connectivity index (χ3v) is 2.29. The first-order valence-electron chi connectivity index (χ1n) is 5.11. The Kier molecular flexibility index (Phi) is 3.01. The molecular weight excluding hydrogens is 220 g/mol. The number of nitriles is 1. The summed E-state index contributed by atoms with van der Waals surface area (Å²) in [5, 5.41) is 9.12. The highest BCUT2D eigenvalue weighted by Crippen LogP contribution is 2.26. The van der Waals surface area contributed by atoms with Crippen LogP contribution in [0.25, 0.3) is 6.08 Å². The second kappa shape index (κ2) is 4.61. The van der Waals surface area contributed by atoms with E-state index in [1.54, 1.807) is 13.0 Å². The average molecular weight is 230 g/mol. The number of carbonyl (C=O) groups excluding carboxylic acids is 1. The highest BCUT2D eigenvalue weighted by Gasteiger charge is 2.30. The number of hydrogen-bond donors (Lipinski definition) is 0. The van der Waals surface area contributed by atoms with Gasteiger partial charge in [-0.15, -0.1) is 0 Å². The van der Waals surface area contributed by atoms with Gasteiger partial charge in [0.15, 0.2) is 6.04 Å². The van der Waals surface area contributed by atoms with Crippen LogP contribution in [-0.4, -0.2) is 27.6 Å². The smallest absolute Gasteiger partial charge is 0.415 e. The van der Waals surface area contributed by atoms with E-state index in [0.29, 0.717) is 11.4 Å². The van der Waals surface area contributed by atoms with Crippen molar-refractivity contribution in [1.29, 1.82) is 5.26 Å². The maximum Gasteiger partial charge on any atom is 0.415 e. The minimum atomic E-state index is -0.789. The predicted octanol–water partition coefficient (Wildman–Crippen LogP) is 1.48. The van der Waals surface area contributed by atoms with Gasteiger partial charge in [-0.25, -0.2) is 4.79 Å². The lowest BCUT2D eigenvalue weighted by Crippen LogP contribution is -2.33. The first-order chi connectivity index (χ1) is 8.27. The molecule has 0 bridgehead atoms. The fourth-order valence-electron chi connectivity index (χ4n) is 1.55. The van der Waals surface area contributed by atoms with Gasteiger partial charge in [0.05, 0.1) is 18.4 Å². The second-order valence-electron chi connectivity index (χ2n) is 3.28. The molecule has 0 saturated heterocycles. The van der Waals surface area contributed by atoms with Gasteiger partial charge in [0.25, 0.3) is 0 Å². The summed E-state index contributed by atoms with van der Waals surface area (Å²) in [6, 6.07) is 1.23. The lowest BCUT2D eigenvalue weighted by atomic mass is 10.1. The van der Waals surface area contributed by atoms with Crippen molar-refractivity contribution < 1.29 is 9.53 Å². The van der Waals surface area contributed by atoms with E-state index in [0.717, 1.165) is 0 Å². The standard InChI is InChI=1S/C11H10N4O2/c1-2-17-11(16)15-6-3-8-10(9(15)7-12)14-5-4-13-8/h3-6,9H,2H2,1H3. The van der Waals surface area contributed by atoms with Gasteiger partial charge < -0.3 is 4.74 Å². The van der Waals surface area contributed by atoms with Crippen molar-refractivity contribution in [2.45, 2.75) is 13.0 Å². The van der Waals surface area contributed by atoms with E-state index in [-0.39, 0.29) is 6.61 Å². The number of amides is 1. The predicted molar refractivity (Wildman–Crippen MR) is 58.3 cm³/mol. The van der Waals surface area contributed by atoms with E-state index in [4.69, 9.17) is 10.00 Å². The van der Waals surface area contributed by atoms with Gasteiger partial charge in [-0.05, 0) is 13.0 Å². The molecule has 1 aliphatic heterocycles. The molecule has 1 amide bonds. The molecule has 0 aliphatic carbocycles. The van der Waals surface area contributed by atoms with Gasteiger partial charge in [-0.3, -0.25) is 14.9 Å². The van der Waals surface area contributed by atoms with Gasteiger partial charge in [0, 0.05) is 18.6 Å². The second-order valence-corrected chi connectivity index (χ2v) is 3.28.